The van der Waals surface area contributed by atoms with Gasteiger partial charge in [0.15, 0.2) is 0 Å². The maximum absolute atomic E-state index is 12.5. The molecule has 9 nitrogen and oxygen atoms in total. The van der Waals surface area contributed by atoms with Crippen LogP contribution in [0.25, 0.3) is 0 Å². The lowest BCUT2D eigenvalue weighted by molar-refractivity contribution is -0.120. The molecule has 3 rings (SSSR count). The van der Waals surface area contributed by atoms with E-state index in [-0.39, 0.29) is 24.5 Å². The number of aliphatic hydroxyl groups is 1. The number of hydrogen-bond donors (Lipinski definition) is 3. The second kappa shape index (κ2) is 10.6. The fourth-order valence-corrected chi connectivity index (χ4v) is 4.00. The van der Waals surface area contributed by atoms with Gasteiger partial charge in [-0.15, -0.1) is 0 Å². The zero-order chi connectivity index (χ0) is 23.3. The van der Waals surface area contributed by atoms with Gasteiger partial charge in [-0.25, -0.2) is 4.98 Å². The Labute approximate surface area is 189 Å². The van der Waals surface area contributed by atoms with E-state index in [1.807, 2.05) is 37.1 Å². The molecule has 0 bridgehead atoms. The Balaban J connectivity index is 1.90. The summed E-state index contributed by atoms with van der Waals surface area (Å²) in [4.78, 5) is 25.0. The number of likely N-dealkylation sites (N-methyl/N-ethyl adjacent to an activating group) is 1. The number of aryl methyl sites for hydroxylation is 1. The van der Waals surface area contributed by atoms with E-state index in [9.17, 15) is 9.90 Å². The van der Waals surface area contributed by atoms with Crippen LogP contribution >= 0.6 is 0 Å². The van der Waals surface area contributed by atoms with Crippen molar-refractivity contribution in [1.82, 2.24) is 14.9 Å². The average Bonchev–Trinajstić information content (AvgIpc) is 2.76. The molecule has 0 spiro atoms. The first-order valence-corrected chi connectivity index (χ1v) is 11.0. The van der Waals surface area contributed by atoms with Gasteiger partial charge in [-0.3, -0.25) is 9.69 Å². The number of aliphatic hydroxyl groups excluding tert-OH is 1. The molecule has 1 aliphatic heterocycles. The molecule has 2 heterocycles. The first-order valence-electron chi connectivity index (χ1n) is 11.0. The number of nitrogen functional groups attached to an aromatic ring is 1. The van der Waals surface area contributed by atoms with Gasteiger partial charge in [0.2, 0.25) is 11.9 Å². The van der Waals surface area contributed by atoms with Gasteiger partial charge in [-0.2, -0.15) is 4.98 Å². The molecule has 32 heavy (non-hydrogen) atoms. The fraction of sp³-hybridized carbons (Fsp3) is 0.522. The molecular weight excluding hydrogens is 408 g/mol. The van der Waals surface area contributed by atoms with Crippen LogP contribution in [0, 0.1) is 6.92 Å². The molecular formula is C23H34N6O3. The maximum Gasteiger partial charge on any atom is 0.241 e. The summed E-state index contributed by atoms with van der Waals surface area (Å²) in [5.74, 6) is 1.60. The van der Waals surface area contributed by atoms with Crippen molar-refractivity contribution < 1.29 is 14.6 Å². The van der Waals surface area contributed by atoms with Crippen molar-refractivity contribution >= 4 is 23.4 Å². The van der Waals surface area contributed by atoms with Crippen LogP contribution < -0.4 is 20.7 Å². The number of hydrogen-bond acceptors (Lipinski definition) is 8. The summed E-state index contributed by atoms with van der Waals surface area (Å²) in [6, 6.07) is 5.73. The Morgan fingerprint density at radius 2 is 2.09 bits per heavy atom. The highest BCUT2D eigenvalue weighted by Crippen LogP contribution is 2.31. The average molecular weight is 443 g/mol. The molecule has 1 aromatic carbocycles. The first-order chi connectivity index (χ1) is 15.4. The van der Waals surface area contributed by atoms with Gasteiger partial charge in [0, 0.05) is 42.5 Å². The summed E-state index contributed by atoms with van der Waals surface area (Å²) in [7, 11) is 3.58. The number of nitrogens with one attached hydrogen (secondary N) is 1. The van der Waals surface area contributed by atoms with Crippen LogP contribution in [0.1, 0.15) is 36.6 Å². The number of benzene rings is 1. The molecule has 1 aliphatic rings. The Kier molecular flexibility index (Phi) is 7.87. The molecule has 0 aliphatic carbocycles. The van der Waals surface area contributed by atoms with E-state index < -0.39 is 0 Å². The summed E-state index contributed by atoms with van der Waals surface area (Å²) in [6.07, 6.45) is 2.28. The summed E-state index contributed by atoms with van der Waals surface area (Å²) < 4.78 is 5.68. The third-order valence-corrected chi connectivity index (χ3v) is 5.79. The van der Waals surface area contributed by atoms with Gasteiger partial charge in [0.25, 0.3) is 0 Å². The minimum absolute atomic E-state index is 0.00725. The monoisotopic (exact) mass is 442 g/mol. The van der Waals surface area contributed by atoms with E-state index in [1.54, 1.807) is 12.0 Å². The van der Waals surface area contributed by atoms with Gasteiger partial charge in [0.1, 0.15) is 11.6 Å². The fourth-order valence-electron chi connectivity index (χ4n) is 4.00. The van der Waals surface area contributed by atoms with Crippen LogP contribution in [0.4, 0.5) is 17.5 Å². The largest absolute Gasteiger partial charge is 0.496 e. The van der Waals surface area contributed by atoms with Crippen LogP contribution in [-0.4, -0.2) is 72.3 Å². The number of aromatic nitrogens is 2. The van der Waals surface area contributed by atoms with Crippen molar-refractivity contribution in [3.63, 3.8) is 0 Å². The number of anilines is 3. The summed E-state index contributed by atoms with van der Waals surface area (Å²) >= 11 is 0. The normalized spacial score (nSPS) is 15.7. The van der Waals surface area contributed by atoms with E-state index in [0.29, 0.717) is 31.1 Å². The van der Waals surface area contributed by atoms with Gasteiger partial charge in [0.05, 0.1) is 26.3 Å². The van der Waals surface area contributed by atoms with E-state index in [1.165, 1.54) is 0 Å². The Bertz CT molecular complexity index is 952. The number of carbonyl (C=O) groups excluding carboxylic acids is 1. The van der Waals surface area contributed by atoms with Crippen LogP contribution in [0.5, 0.6) is 5.75 Å². The van der Waals surface area contributed by atoms with Gasteiger partial charge >= 0.3 is 0 Å². The van der Waals surface area contributed by atoms with Gasteiger partial charge < -0.3 is 25.8 Å². The summed E-state index contributed by atoms with van der Waals surface area (Å²) in [5.41, 5.74) is 9.36. The van der Waals surface area contributed by atoms with Crippen LogP contribution in [-0.2, 0) is 11.2 Å². The lowest BCUT2D eigenvalue weighted by Gasteiger charge is -2.32. The molecule has 0 radical (unpaired) electrons. The number of nitrogens with two attached hydrogens (primary N) is 1. The quantitative estimate of drug-likeness (QED) is 0.538. The molecule has 1 aromatic heterocycles. The molecule has 4 N–H and O–H groups in total. The van der Waals surface area contributed by atoms with Crippen molar-refractivity contribution in [2.24, 2.45) is 0 Å². The molecule has 0 saturated carbocycles. The maximum atomic E-state index is 12.5. The van der Waals surface area contributed by atoms with E-state index in [4.69, 9.17) is 10.5 Å². The van der Waals surface area contributed by atoms with Gasteiger partial charge in [-0.05, 0) is 32.0 Å². The molecule has 1 amide bonds. The molecule has 9 heteroatoms. The first kappa shape index (κ1) is 23.7. The Morgan fingerprint density at radius 3 is 2.75 bits per heavy atom. The number of piperazine rings is 1. The zero-order valence-corrected chi connectivity index (χ0v) is 19.4. The Morgan fingerprint density at radius 1 is 1.31 bits per heavy atom. The second-order valence-corrected chi connectivity index (χ2v) is 8.26. The van der Waals surface area contributed by atoms with Crippen molar-refractivity contribution in [2.45, 2.75) is 39.2 Å². The minimum Gasteiger partial charge on any atom is -0.496 e. The van der Waals surface area contributed by atoms with Crippen molar-refractivity contribution in [1.29, 1.82) is 0 Å². The number of methoxy groups -OCH3 is 1. The highest BCUT2D eigenvalue weighted by atomic mass is 16.5. The third kappa shape index (κ3) is 5.46. The number of ether oxygens (including phenoxy) is 1. The zero-order valence-electron chi connectivity index (χ0n) is 19.4. The predicted molar refractivity (Wildman–Crippen MR) is 126 cm³/mol. The standard InChI is InChI=1S/C23H34N6O3/c1-5-6-17(14-30)26-22-19(15(2)25-23(24)27-22)11-16-7-8-18(12-20(16)32-4)29-10-9-28(3)13-21(29)31/h7-8,12,17,30H,5-6,9-11,13-14H2,1-4H3,(H3,24,25,26,27). The molecule has 2 aromatic rings. The molecule has 1 fully saturated rings. The lowest BCUT2D eigenvalue weighted by atomic mass is 10.0. The van der Waals surface area contributed by atoms with E-state index in [0.717, 1.165) is 41.9 Å². The SMILES string of the molecule is CCCC(CO)Nc1nc(N)nc(C)c1Cc1ccc(N2CCN(C)CC2=O)cc1OC. The minimum atomic E-state index is -0.111. The molecule has 1 unspecified atom stereocenters. The topological polar surface area (TPSA) is 117 Å². The van der Waals surface area contributed by atoms with E-state index in [2.05, 4.69) is 22.2 Å². The highest BCUT2D eigenvalue weighted by molar-refractivity contribution is 5.95. The van der Waals surface area contributed by atoms with Crippen LogP contribution in [0.2, 0.25) is 0 Å². The van der Waals surface area contributed by atoms with Crippen LogP contribution in [0.3, 0.4) is 0 Å². The Hall–Kier alpha value is -2.91. The molecule has 1 atom stereocenters. The van der Waals surface area contributed by atoms with Gasteiger partial charge in [-0.1, -0.05) is 19.4 Å². The van der Waals surface area contributed by atoms with E-state index >= 15 is 0 Å². The summed E-state index contributed by atoms with van der Waals surface area (Å²) in [5, 5.41) is 13.1. The predicted octanol–water partition coefficient (Wildman–Crippen LogP) is 1.82. The number of nitrogens with zero attached hydrogens (tertiary/aromatic N) is 4. The lowest BCUT2D eigenvalue weighted by Crippen LogP contribution is -2.48. The smallest absolute Gasteiger partial charge is 0.241 e. The highest BCUT2D eigenvalue weighted by Gasteiger charge is 2.24. The van der Waals surface area contributed by atoms with Crippen molar-refractivity contribution in [3.8, 4) is 5.75 Å². The molecule has 1 saturated heterocycles. The third-order valence-electron chi connectivity index (χ3n) is 5.79. The number of amides is 1. The van der Waals surface area contributed by atoms with Crippen molar-refractivity contribution in [3.05, 3.63) is 35.0 Å². The summed E-state index contributed by atoms with van der Waals surface area (Å²) in [6.45, 7) is 5.87. The second-order valence-electron chi connectivity index (χ2n) is 8.26. The number of rotatable bonds is 9. The molecule has 174 valence electrons. The van der Waals surface area contributed by atoms with Crippen LogP contribution in [0.15, 0.2) is 18.2 Å². The number of carbonyl (C=O) groups is 1. The van der Waals surface area contributed by atoms with Crippen molar-refractivity contribution in [2.75, 3.05) is 56.3 Å².